The molecule has 0 spiro atoms. The number of imidazole rings is 1. The summed E-state index contributed by atoms with van der Waals surface area (Å²) in [4.78, 5) is 18.4. The lowest BCUT2D eigenvalue weighted by atomic mass is 9.93. The van der Waals surface area contributed by atoms with E-state index in [2.05, 4.69) is 48.7 Å². The number of carbonyl (C=O) groups excluding carboxylic acids is 1. The first-order chi connectivity index (χ1) is 16.9. The van der Waals surface area contributed by atoms with E-state index < -0.39 is 0 Å². The van der Waals surface area contributed by atoms with E-state index in [0.717, 1.165) is 43.5 Å². The molecule has 0 amide bonds. The van der Waals surface area contributed by atoms with Gasteiger partial charge in [-0.25, -0.2) is 4.98 Å². The van der Waals surface area contributed by atoms with Crippen molar-refractivity contribution in [1.29, 1.82) is 0 Å². The summed E-state index contributed by atoms with van der Waals surface area (Å²) in [5.41, 5.74) is 4.34. The minimum atomic E-state index is -0.235. The number of ketones is 1. The van der Waals surface area contributed by atoms with Crippen molar-refractivity contribution in [1.82, 2.24) is 14.5 Å². The number of hydrogen-bond donors (Lipinski definition) is 0. The van der Waals surface area contributed by atoms with Crippen LogP contribution in [0.1, 0.15) is 58.6 Å². The highest BCUT2D eigenvalue weighted by atomic mass is 32.1. The van der Waals surface area contributed by atoms with Crippen LogP contribution in [0, 0.1) is 0 Å². The lowest BCUT2D eigenvalue weighted by molar-refractivity contribution is -0.117. The lowest BCUT2D eigenvalue weighted by Crippen LogP contribution is -2.22. The van der Waals surface area contributed by atoms with Crippen LogP contribution in [0.3, 0.4) is 0 Å². The second kappa shape index (κ2) is 8.89. The summed E-state index contributed by atoms with van der Waals surface area (Å²) in [6.07, 6.45) is 2.70. The third-order valence-corrected chi connectivity index (χ3v) is 6.83. The Hall–Kier alpha value is -3.45. The molecule has 3 aromatic heterocycles. The zero-order valence-electron chi connectivity index (χ0n) is 21.6. The van der Waals surface area contributed by atoms with E-state index in [-0.39, 0.29) is 23.2 Å². The fourth-order valence-electron chi connectivity index (χ4n) is 4.07. The van der Waals surface area contributed by atoms with E-state index in [1.165, 1.54) is 0 Å². The third-order valence-electron chi connectivity index (χ3n) is 5.82. The van der Waals surface area contributed by atoms with Gasteiger partial charge in [-0.15, -0.1) is 0 Å². The molecule has 0 radical (unpaired) electrons. The van der Waals surface area contributed by atoms with Gasteiger partial charge in [-0.1, -0.05) is 61.5 Å². The van der Waals surface area contributed by atoms with E-state index in [1.807, 2.05) is 57.2 Å². The zero-order chi connectivity index (χ0) is 25.7. The fourth-order valence-corrected chi connectivity index (χ4v) is 5.11. The number of ether oxygens (including phenoxy) is 1. The van der Waals surface area contributed by atoms with E-state index in [1.54, 1.807) is 11.3 Å². The summed E-state index contributed by atoms with van der Waals surface area (Å²) in [7, 11) is 0. The van der Waals surface area contributed by atoms with Gasteiger partial charge in [0.25, 0.3) is 0 Å². The minimum Gasteiger partial charge on any atom is -0.488 e. The molecule has 36 heavy (non-hydrogen) atoms. The van der Waals surface area contributed by atoms with Crippen LogP contribution in [-0.2, 0) is 23.1 Å². The Labute approximate surface area is 214 Å². The number of Topliss-reactive ketones (excluding diaryl/α,β-unsaturated/α-hetero) is 1. The molecule has 0 atom stereocenters. The number of thiazole rings is 1. The summed E-state index contributed by atoms with van der Waals surface area (Å²) in [6.45, 7) is 12.3. The van der Waals surface area contributed by atoms with Crippen molar-refractivity contribution in [3.05, 3.63) is 71.7 Å². The number of fused-ring (bicyclic) bond motifs is 3. The van der Waals surface area contributed by atoms with Gasteiger partial charge in [0.05, 0.1) is 28.0 Å². The van der Waals surface area contributed by atoms with Crippen molar-refractivity contribution in [3.8, 4) is 17.0 Å². The maximum absolute atomic E-state index is 12.6. The smallest absolute Gasteiger partial charge is 0.195 e. The minimum absolute atomic E-state index is 0.111. The predicted octanol–water partition coefficient (Wildman–Crippen LogP) is 7.03. The van der Waals surface area contributed by atoms with Gasteiger partial charge < -0.3 is 9.26 Å². The van der Waals surface area contributed by atoms with Crippen molar-refractivity contribution < 1.29 is 14.1 Å². The van der Waals surface area contributed by atoms with Crippen LogP contribution in [-0.4, -0.2) is 25.9 Å². The van der Waals surface area contributed by atoms with Crippen molar-refractivity contribution in [3.63, 3.8) is 0 Å². The SMILES string of the molecule is CC(C)(C)Oc1ccc2c(c1)sc1nc(-c3ccc(CC(=O)Cc4cc(C(C)(C)C)on4)cc3)cn12. The summed E-state index contributed by atoms with van der Waals surface area (Å²) >= 11 is 1.65. The van der Waals surface area contributed by atoms with Crippen LogP contribution in [0.15, 0.2) is 59.3 Å². The number of aromatic nitrogens is 3. The second-order valence-corrected chi connectivity index (χ2v) is 12.3. The van der Waals surface area contributed by atoms with Gasteiger partial charge in [0.15, 0.2) is 4.96 Å². The Morgan fingerprint density at radius 3 is 2.42 bits per heavy atom. The number of benzene rings is 2. The van der Waals surface area contributed by atoms with Gasteiger partial charge in [-0.2, -0.15) is 0 Å². The Morgan fingerprint density at radius 1 is 1.00 bits per heavy atom. The number of hydrogen-bond acceptors (Lipinski definition) is 6. The normalized spacial score (nSPS) is 12.5. The molecule has 6 nitrogen and oxygen atoms in total. The molecule has 0 bridgehead atoms. The summed E-state index contributed by atoms with van der Waals surface area (Å²) < 4.78 is 14.7. The van der Waals surface area contributed by atoms with Crippen LogP contribution < -0.4 is 4.74 Å². The molecule has 0 saturated heterocycles. The molecule has 0 N–H and O–H groups in total. The van der Waals surface area contributed by atoms with Crippen molar-refractivity contribution >= 4 is 32.3 Å². The number of carbonyl (C=O) groups is 1. The number of nitrogens with zero attached hydrogens (tertiary/aromatic N) is 3. The van der Waals surface area contributed by atoms with Crippen LogP contribution >= 0.6 is 11.3 Å². The topological polar surface area (TPSA) is 69.6 Å². The molecule has 3 heterocycles. The maximum atomic E-state index is 12.6. The molecule has 0 aliphatic heterocycles. The summed E-state index contributed by atoms with van der Waals surface area (Å²) in [6, 6.07) is 16.1. The van der Waals surface area contributed by atoms with Crippen LogP contribution in [0.4, 0.5) is 0 Å². The molecule has 5 rings (SSSR count). The molecule has 7 heteroatoms. The first kappa shape index (κ1) is 24.3. The van der Waals surface area contributed by atoms with Crippen molar-refractivity contribution in [2.24, 2.45) is 0 Å². The van der Waals surface area contributed by atoms with E-state index in [4.69, 9.17) is 14.2 Å². The molecule has 0 aliphatic carbocycles. The fraction of sp³-hybridized carbons (Fsp3) is 0.345. The largest absolute Gasteiger partial charge is 0.488 e. The molecule has 2 aromatic carbocycles. The molecule has 5 aromatic rings. The molecule has 0 saturated carbocycles. The van der Waals surface area contributed by atoms with Gasteiger partial charge in [0.1, 0.15) is 22.9 Å². The van der Waals surface area contributed by atoms with E-state index >= 15 is 0 Å². The quantitative estimate of drug-likeness (QED) is 0.250. The van der Waals surface area contributed by atoms with E-state index in [9.17, 15) is 4.79 Å². The zero-order valence-corrected chi connectivity index (χ0v) is 22.4. The average Bonchev–Trinajstić information content (AvgIpc) is 3.47. The first-order valence-corrected chi connectivity index (χ1v) is 12.9. The first-order valence-electron chi connectivity index (χ1n) is 12.1. The number of rotatable bonds is 6. The molecule has 186 valence electrons. The van der Waals surface area contributed by atoms with Crippen molar-refractivity contribution in [2.45, 2.75) is 65.4 Å². The standard InChI is InChI=1S/C29H31N3O3S/c1-28(2,3)26-15-20(31-35-26)14-21(33)13-18-7-9-19(10-8-18)23-17-32-24-12-11-22(34-29(4,5)6)16-25(24)36-27(32)30-23/h7-12,15-17H,13-14H2,1-6H3. The summed E-state index contributed by atoms with van der Waals surface area (Å²) in [5, 5.41) is 4.06. The van der Waals surface area contributed by atoms with Gasteiger partial charge in [-0.3, -0.25) is 9.20 Å². The van der Waals surface area contributed by atoms with Gasteiger partial charge >= 0.3 is 0 Å². The monoisotopic (exact) mass is 501 g/mol. The highest BCUT2D eigenvalue weighted by Crippen LogP contribution is 2.33. The second-order valence-electron chi connectivity index (χ2n) is 11.2. The molecular formula is C29H31N3O3S. The molecular weight excluding hydrogens is 470 g/mol. The molecule has 0 unspecified atom stereocenters. The third kappa shape index (κ3) is 5.21. The predicted molar refractivity (Wildman–Crippen MR) is 144 cm³/mol. The van der Waals surface area contributed by atoms with Crippen molar-refractivity contribution in [2.75, 3.05) is 0 Å². The Kier molecular flexibility index (Phi) is 5.99. The van der Waals surface area contributed by atoms with E-state index in [0.29, 0.717) is 12.1 Å². The summed E-state index contributed by atoms with van der Waals surface area (Å²) in [5.74, 6) is 1.77. The molecule has 0 aliphatic rings. The van der Waals surface area contributed by atoms with Gasteiger partial charge in [-0.05, 0) is 44.5 Å². The highest BCUT2D eigenvalue weighted by Gasteiger charge is 2.20. The lowest BCUT2D eigenvalue weighted by Gasteiger charge is -2.21. The Bertz CT molecular complexity index is 1540. The average molecular weight is 502 g/mol. The Morgan fingerprint density at radius 2 is 1.75 bits per heavy atom. The van der Waals surface area contributed by atoms with Gasteiger partial charge in [0.2, 0.25) is 0 Å². The maximum Gasteiger partial charge on any atom is 0.195 e. The molecule has 0 fully saturated rings. The van der Waals surface area contributed by atoms with Gasteiger partial charge in [0, 0.05) is 29.7 Å². The van der Waals surface area contributed by atoms with Crippen LogP contribution in [0.25, 0.3) is 26.4 Å². The highest BCUT2D eigenvalue weighted by molar-refractivity contribution is 7.23. The van der Waals surface area contributed by atoms with Crippen LogP contribution in [0.5, 0.6) is 5.75 Å². The Balaban J connectivity index is 1.28. The van der Waals surface area contributed by atoms with Crippen LogP contribution in [0.2, 0.25) is 0 Å².